The van der Waals surface area contributed by atoms with Gasteiger partial charge in [-0.25, -0.2) is 4.98 Å². The molecule has 5 heteroatoms. The van der Waals surface area contributed by atoms with E-state index in [0.717, 1.165) is 38.0 Å². The number of pyridine rings is 1. The van der Waals surface area contributed by atoms with Crippen LogP contribution in [0.3, 0.4) is 0 Å². The summed E-state index contributed by atoms with van der Waals surface area (Å²) in [5.41, 5.74) is 1.11. The van der Waals surface area contributed by atoms with Crippen molar-refractivity contribution in [1.29, 1.82) is 0 Å². The lowest BCUT2D eigenvalue weighted by Gasteiger charge is -2.32. The lowest BCUT2D eigenvalue weighted by molar-refractivity contribution is 0.0656. The molecule has 0 N–H and O–H groups in total. The standard InChI is InChI=1S/C16H20N4O/c1-19-10-8-18-15(19)16(21)20-9-4-5-13(12-20)11-14-6-2-3-7-17-14/h2-3,6-8,10,13H,4-5,9,11-12H2,1H3. The molecule has 0 saturated carbocycles. The fraction of sp³-hybridized carbons (Fsp3) is 0.438. The first-order chi connectivity index (χ1) is 10.2. The van der Waals surface area contributed by atoms with Crippen LogP contribution in [0.5, 0.6) is 0 Å². The van der Waals surface area contributed by atoms with Crippen LogP contribution >= 0.6 is 0 Å². The minimum Gasteiger partial charge on any atom is -0.336 e. The SMILES string of the molecule is Cn1ccnc1C(=O)N1CCCC(Cc2ccccn2)C1. The molecule has 2 aromatic rings. The molecule has 2 aromatic heterocycles. The molecule has 0 bridgehead atoms. The van der Waals surface area contributed by atoms with Gasteiger partial charge in [-0.2, -0.15) is 0 Å². The lowest BCUT2D eigenvalue weighted by atomic mass is 9.93. The van der Waals surface area contributed by atoms with Gasteiger partial charge < -0.3 is 9.47 Å². The van der Waals surface area contributed by atoms with E-state index in [0.29, 0.717) is 11.7 Å². The molecule has 1 fully saturated rings. The summed E-state index contributed by atoms with van der Waals surface area (Å²) in [5, 5.41) is 0. The van der Waals surface area contributed by atoms with E-state index in [-0.39, 0.29) is 5.91 Å². The predicted molar refractivity (Wildman–Crippen MR) is 79.8 cm³/mol. The number of aryl methyl sites for hydroxylation is 1. The Morgan fingerprint density at radius 1 is 1.33 bits per heavy atom. The fourth-order valence-electron chi connectivity index (χ4n) is 2.94. The van der Waals surface area contributed by atoms with E-state index in [1.807, 2.05) is 36.5 Å². The van der Waals surface area contributed by atoms with Crippen molar-refractivity contribution < 1.29 is 4.79 Å². The van der Waals surface area contributed by atoms with Crippen molar-refractivity contribution in [3.63, 3.8) is 0 Å². The predicted octanol–water partition coefficient (Wildman–Crippen LogP) is 1.91. The average molecular weight is 284 g/mol. The van der Waals surface area contributed by atoms with E-state index >= 15 is 0 Å². The molecule has 110 valence electrons. The van der Waals surface area contributed by atoms with E-state index < -0.39 is 0 Å². The van der Waals surface area contributed by atoms with Crippen LogP contribution in [0.15, 0.2) is 36.8 Å². The van der Waals surface area contributed by atoms with Gasteiger partial charge in [-0.3, -0.25) is 9.78 Å². The molecule has 1 atom stereocenters. The minimum absolute atomic E-state index is 0.0354. The largest absolute Gasteiger partial charge is 0.336 e. The Morgan fingerprint density at radius 2 is 2.24 bits per heavy atom. The molecule has 0 aliphatic carbocycles. The monoisotopic (exact) mass is 284 g/mol. The molecule has 1 unspecified atom stereocenters. The summed E-state index contributed by atoms with van der Waals surface area (Å²) in [4.78, 5) is 23.0. The summed E-state index contributed by atoms with van der Waals surface area (Å²) in [6.45, 7) is 1.62. The van der Waals surface area contributed by atoms with Crippen LogP contribution in [0.25, 0.3) is 0 Å². The Labute approximate surface area is 124 Å². The van der Waals surface area contributed by atoms with Crippen LogP contribution in [0.4, 0.5) is 0 Å². The van der Waals surface area contributed by atoms with Crippen LogP contribution in [0.1, 0.15) is 29.2 Å². The van der Waals surface area contributed by atoms with Gasteiger partial charge >= 0.3 is 0 Å². The number of nitrogens with zero attached hydrogens (tertiary/aromatic N) is 4. The zero-order chi connectivity index (χ0) is 14.7. The average Bonchev–Trinajstić information content (AvgIpc) is 2.94. The number of rotatable bonds is 3. The van der Waals surface area contributed by atoms with Gasteiger partial charge in [-0.15, -0.1) is 0 Å². The normalized spacial score (nSPS) is 18.7. The first-order valence-electron chi connectivity index (χ1n) is 7.40. The van der Waals surface area contributed by atoms with Gasteiger partial charge in [0, 0.05) is 44.4 Å². The maximum absolute atomic E-state index is 12.5. The number of piperidine rings is 1. The van der Waals surface area contributed by atoms with Crippen molar-refractivity contribution in [1.82, 2.24) is 19.4 Å². The van der Waals surface area contributed by atoms with E-state index in [9.17, 15) is 4.79 Å². The van der Waals surface area contributed by atoms with Crippen LogP contribution in [0, 0.1) is 5.92 Å². The van der Waals surface area contributed by atoms with Gasteiger partial charge in [-0.05, 0) is 37.3 Å². The molecule has 3 rings (SSSR count). The molecule has 0 spiro atoms. The maximum Gasteiger partial charge on any atom is 0.289 e. The molecule has 3 heterocycles. The number of hydrogen-bond acceptors (Lipinski definition) is 3. The maximum atomic E-state index is 12.5. The first-order valence-corrected chi connectivity index (χ1v) is 7.40. The van der Waals surface area contributed by atoms with Gasteiger partial charge in [0.25, 0.3) is 5.91 Å². The third-order valence-corrected chi connectivity index (χ3v) is 4.04. The molecule has 0 radical (unpaired) electrons. The molecule has 0 aromatic carbocycles. The molecule has 1 aliphatic rings. The summed E-state index contributed by atoms with van der Waals surface area (Å²) in [7, 11) is 1.86. The minimum atomic E-state index is 0.0354. The number of amides is 1. The second kappa shape index (κ2) is 6.08. The third kappa shape index (κ3) is 3.12. The topological polar surface area (TPSA) is 51.0 Å². The molecule has 1 saturated heterocycles. The molecular formula is C16H20N4O. The Kier molecular flexibility index (Phi) is 3.99. The van der Waals surface area contributed by atoms with Crippen molar-refractivity contribution >= 4 is 5.91 Å². The summed E-state index contributed by atoms with van der Waals surface area (Å²) in [5.74, 6) is 1.04. The smallest absolute Gasteiger partial charge is 0.289 e. The van der Waals surface area contributed by atoms with Gasteiger partial charge in [0.1, 0.15) is 0 Å². The van der Waals surface area contributed by atoms with Crippen molar-refractivity contribution in [2.24, 2.45) is 13.0 Å². The highest BCUT2D eigenvalue weighted by Gasteiger charge is 2.26. The van der Waals surface area contributed by atoms with E-state index in [2.05, 4.69) is 16.0 Å². The second-order valence-corrected chi connectivity index (χ2v) is 5.65. The molecular weight excluding hydrogens is 264 g/mol. The summed E-state index contributed by atoms with van der Waals surface area (Å²) < 4.78 is 1.78. The van der Waals surface area contributed by atoms with E-state index in [4.69, 9.17) is 0 Å². The summed E-state index contributed by atoms with van der Waals surface area (Å²) >= 11 is 0. The summed E-state index contributed by atoms with van der Waals surface area (Å²) in [6, 6.07) is 6.00. The quantitative estimate of drug-likeness (QED) is 0.865. The number of carbonyl (C=O) groups is 1. The number of aromatic nitrogens is 3. The van der Waals surface area contributed by atoms with Crippen LogP contribution in [-0.2, 0) is 13.5 Å². The first kappa shape index (κ1) is 13.8. The van der Waals surface area contributed by atoms with Crippen LogP contribution < -0.4 is 0 Å². The third-order valence-electron chi connectivity index (χ3n) is 4.04. The van der Waals surface area contributed by atoms with Crippen molar-refractivity contribution in [2.75, 3.05) is 13.1 Å². The van der Waals surface area contributed by atoms with Crippen LogP contribution in [-0.4, -0.2) is 38.4 Å². The second-order valence-electron chi connectivity index (χ2n) is 5.65. The molecule has 21 heavy (non-hydrogen) atoms. The van der Waals surface area contributed by atoms with Crippen molar-refractivity contribution in [2.45, 2.75) is 19.3 Å². The number of carbonyl (C=O) groups excluding carboxylic acids is 1. The van der Waals surface area contributed by atoms with Gasteiger partial charge in [-0.1, -0.05) is 6.07 Å². The Balaban J connectivity index is 1.66. The molecule has 1 amide bonds. The Bertz CT molecular complexity index is 608. The molecule has 5 nitrogen and oxygen atoms in total. The highest BCUT2D eigenvalue weighted by atomic mass is 16.2. The van der Waals surface area contributed by atoms with Crippen molar-refractivity contribution in [3.05, 3.63) is 48.3 Å². The van der Waals surface area contributed by atoms with Crippen molar-refractivity contribution in [3.8, 4) is 0 Å². The zero-order valence-electron chi connectivity index (χ0n) is 12.3. The lowest BCUT2D eigenvalue weighted by Crippen LogP contribution is -2.41. The van der Waals surface area contributed by atoms with Gasteiger partial charge in [0.05, 0.1) is 0 Å². The number of hydrogen-bond donors (Lipinski definition) is 0. The van der Waals surface area contributed by atoms with Gasteiger partial charge in [0.15, 0.2) is 5.82 Å². The number of imidazole rings is 1. The highest BCUT2D eigenvalue weighted by molar-refractivity contribution is 5.90. The fourth-order valence-corrected chi connectivity index (χ4v) is 2.94. The Hall–Kier alpha value is -2.17. The Morgan fingerprint density at radius 3 is 2.95 bits per heavy atom. The van der Waals surface area contributed by atoms with Gasteiger partial charge in [0.2, 0.25) is 0 Å². The van der Waals surface area contributed by atoms with E-state index in [1.165, 1.54) is 0 Å². The van der Waals surface area contributed by atoms with Crippen LogP contribution in [0.2, 0.25) is 0 Å². The summed E-state index contributed by atoms with van der Waals surface area (Å²) in [6.07, 6.45) is 8.44. The molecule has 1 aliphatic heterocycles. The number of likely N-dealkylation sites (tertiary alicyclic amines) is 1. The zero-order valence-corrected chi connectivity index (χ0v) is 12.3. The highest BCUT2D eigenvalue weighted by Crippen LogP contribution is 2.21. The van der Waals surface area contributed by atoms with E-state index in [1.54, 1.807) is 10.8 Å².